The SMILES string of the molecule is Cc1ccc(C(=O)N2CCS(=O)(=O)c3ccccc3C2)cc1. The van der Waals surface area contributed by atoms with Crippen LogP contribution in [0.2, 0.25) is 0 Å². The molecule has 0 saturated carbocycles. The molecule has 0 aliphatic carbocycles. The van der Waals surface area contributed by atoms with Crippen LogP contribution in [0.5, 0.6) is 0 Å². The molecule has 2 aromatic rings. The second-order valence-corrected chi connectivity index (χ2v) is 7.60. The molecule has 0 N–H and O–H groups in total. The molecule has 1 aliphatic rings. The third-order valence-corrected chi connectivity index (χ3v) is 5.67. The summed E-state index contributed by atoms with van der Waals surface area (Å²) < 4.78 is 24.6. The first-order chi connectivity index (χ1) is 10.5. The van der Waals surface area contributed by atoms with Gasteiger partial charge in [0.05, 0.1) is 10.6 Å². The van der Waals surface area contributed by atoms with Gasteiger partial charge in [-0.2, -0.15) is 0 Å². The minimum Gasteiger partial charge on any atom is -0.333 e. The molecular weight excluding hydrogens is 298 g/mol. The maximum Gasteiger partial charge on any atom is 0.254 e. The molecule has 0 fully saturated rings. The lowest BCUT2D eigenvalue weighted by Gasteiger charge is -2.20. The van der Waals surface area contributed by atoms with E-state index < -0.39 is 9.84 Å². The summed E-state index contributed by atoms with van der Waals surface area (Å²) in [6, 6.07) is 14.2. The van der Waals surface area contributed by atoms with Crippen LogP contribution >= 0.6 is 0 Å². The Kier molecular flexibility index (Phi) is 3.74. The molecule has 3 rings (SSSR count). The fourth-order valence-corrected chi connectivity index (χ4v) is 4.11. The highest BCUT2D eigenvalue weighted by atomic mass is 32.2. The van der Waals surface area contributed by atoms with E-state index in [0.717, 1.165) is 5.56 Å². The van der Waals surface area contributed by atoms with Crippen molar-refractivity contribution in [2.75, 3.05) is 12.3 Å². The molecule has 0 spiro atoms. The van der Waals surface area contributed by atoms with Crippen molar-refractivity contribution >= 4 is 15.7 Å². The molecule has 4 nitrogen and oxygen atoms in total. The lowest BCUT2D eigenvalue weighted by Crippen LogP contribution is -2.32. The van der Waals surface area contributed by atoms with E-state index in [2.05, 4.69) is 0 Å². The number of aryl methyl sites for hydroxylation is 1. The van der Waals surface area contributed by atoms with Crippen LogP contribution in [0.25, 0.3) is 0 Å². The summed E-state index contributed by atoms with van der Waals surface area (Å²) in [5.74, 6) is -0.173. The summed E-state index contributed by atoms with van der Waals surface area (Å²) >= 11 is 0. The van der Waals surface area contributed by atoms with Gasteiger partial charge < -0.3 is 4.90 Å². The zero-order chi connectivity index (χ0) is 15.7. The molecule has 0 bridgehead atoms. The number of fused-ring (bicyclic) bond motifs is 1. The number of rotatable bonds is 1. The van der Waals surface area contributed by atoms with E-state index in [1.54, 1.807) is 41.3 Å². The molecule has 114 valence electrons. The average molecular weight is 315 g/mol. The summed E-state index contributed by atoms with van der Waals surface area (Å²) in [5, 5.41) is 0. The van der Waals surface area contributed by atoms with Crippen LogP contribution in [-0.2, 0) is 16.4 Å². The monoisotopic (exact) mass is 315 g/mol. The number of hydrogen-bond acceptors (Lipinski definition) is 3. The van der Waals surface area contributed by atoms with Crippen molar-refractivity contribution in [1.82, 2.24) is 4.90 Å². The van der Waals surface area contributed by atoms with E-state index in [-0.39, 0.29) is 18.2 Å². The maximum atomic E-state index is 12.6. The molecule has 5 heteroatoms. The van der Waals surface area contributed by atoms with Crippen molar-refractivity contribution in [3.05, 3.63) is 65.2 Å². The number of nitrogens with zero attached hydrogens (tertiary/aromatic N) is 1. The fraction of sp³-hybridized carbons (Fsp3) is 0.235. The van der Waals surface area contributed by atoms with Gasteiger partial charge in [0.2, 0.25) is 0 Å². The number of hydrogen-bond donors (Lipinski definition) is 0. The lowest BCUT2D eigenvalue weighted by atomic mass is 10.1. The Morgan fingerprint density at radius 1 is 1.05 bits per heavy atom. The van der Waals surface area contributed by atoms with Gasteiger partial charge in [0, 0.05) is 18.7 Å². The normalized spacial score (nSPS) is 16.7. The summed E-state index contributed by atoms with van der Waals surface area (Å²) in [6.07, 6.45) is 0. The highest BCUT2D eigenvalue weighted by molar-refractivity contribution is 7.91. The van der Waals surface area contributed by atoms with Gasteiger partial charge in [0.25, 0.3) is 5.91 Å². The Balaban J connectivity index is 1.94. The van der Waals surface area contributed by atoms with Crippen LogP contribution in [0, 0.1) is 6.92 Å². The van der Waals surface area contributed by atoms with Crippen LogP contribution in [-0.4, -0.2) is 31.5 Å². The second-order valence-electron chi connectivity index (χ2n) is 5.52. The van der Waals surface area contributed by atoms with Crippen molar-refractivity contribution in [3.63, 3.8) is 0 Å². The van der Waals surface area contributed by atoms with Gasteiger partial charge in [0.1, 0.15) is 0 Å². The first kappa shape index (κ1) is 14.8. The highest BCUT2D eigenvalue weighted by Crippen LogP contribution is 2.23. The predicted octanol–water partition coefficient (Wildman–Crippen LogP) is 2.42. The topological polar surface area (TPSA) is 54.5 Å². The van der Waals surface area contributed by atoms with Crippen LogP contribution in [0.15, 0.2) is 53.4 Å². The Bertz CT molecular complexity index is 810. The van der Waals surface area contributed by atoms with Crippen LogP contribution in [0.1, 0.15) is 21.5 Å². The van der Waals surface area contributed by atoms with Crippen molar-refractivity contribution < 1.29 is 13.2 Å². The number of benzene rings is 2. The first-order valence-corrected chi connectivity index (χ1v) is 8.79. The van der Waals surface area contributed by atoms with Crippen LogP contribution < -0.4 is 0 Å². The van der Waals surface area contributed by atoms with Gasteiger partial charge in [-0.3, -0.25) is 4.79 Å². The molecular formula is C17H17NO3S. The standard InChI is InChI=1S/C17H17NO3S/c1-13-6-8-14(9-7-13)17(19)18-10-11-22(20,21)16-5-3-2-4-15(16)12-18/h2-9H,10-12H2,1H3. The third kappa shape index (κ3) is 2.76. The van der Waals surface area contributed by atoms with Gasteiger partial charge in [0.15, 0.2) is 9.84 Å². The van der Waals surface area contributed by atoms with E-state index in [1.807, 2.05) is 19.1 Å². The number of sulfone groups is 1. The Labute approximate surface area is 130 Å². The van der Waals surface area contributed by atoms with E-state index in [9.17, 15) is 13.2 Å². The quantitative estimate of drug-likeness (QED) is 0.812. The van der Waals surface area contributed by atoms with Gasteiger partial charge in [-0.15, -0.1) is 0 Å². The largest absolute Gasteiger partial charge is 0.333 e. The third-order valence-electron chi connectivity index (χ3n) is 3.88. The van der Waals surface area contributed by atoms with E-state index in [4.69, 9.17) is 0 Å². The minimum atomic E-state index is -3.33. The molecule has 1 amide bonds. The van der Waals surface area contributed by atoms with Crippen molar-refractivity contribution in [3.8, 4) is 0 Å². The molecule has 0 aromatic heterocycles. The predicted molar refractivity (Wildman–Crippen MR) is 84.4 cm³/mol. The molecule has 1 aliphatic heterocycles. The lowest BCUT2D eigenvalue weighted by molar-refractivity contribution is 0.0754. The van der Waals surface area contributed by atoms with Crippen LogP contribution in [0.3, 0.4) is 0 Å². The zero-order valence-corrected chi connectivity index (χ0v) is 13.1. The van der Waals surface area contributed by atoms with Crippen LogP contribution in [0.4, 0.5) is 0 Å². The number of carbonyl (C=O) groups excluding carboxylic acids is 1. The molecule has 2 aromatic carbocycles. The highest BCUT2D eigenvalue weighted by Gasteiger charge is 2.27. The Morgan fingerprint density at radius 3 is 2.45 bits per heavy atom. The molecule has 0 unspecified atom stereocenters. The Morgan fingerprint density at radius 2 is 1.73 bits per heavy atom. The summed E-state index contributed by atoms with van der Waals surface area (Å²) in [5.41, 5.74) is 2.35. The molecule has 0 saturated heterocycles. The van der Waals surface area contributed by atoms with E-state index in [1.165, 1.54) is 0 Å². The second kappa shape index (κ2) is 5.57. The summed E-state index contributed by atoms with van der Waals surface area (Å²) in [7, 11) is -3.33. The zero-order valence-electron chi connectivity index (χ0n) is 12.3. The fourth-order valence-electron chi connectivity index (χ4n) is 2.61. The van der Waals surface area contributed by atoms with Gasteiger partial charge >= 0.3 is 0 Å². The molecule has 22 heavy (non-hydrogen) atoms. The van der Waals surface area contributed by atoms with Gasteiger partial charge in [-0.25, -0.2) is 8.42 Å². The van der Waals surface area contributed by atoms with Crippen molar-refractivity contribution in [2.24, 2.45) is 0 Å². The number of carbonyl (C=O) groups is 1. The minimum absolute atomic E-state index is 0.0401. The maximum absolute atomic E-state index is 12.6. The molecule has 0 atom stereocenters. The van der Waals surface area contributed by atoms with E-state index in [0.29, 0.717) is 22.6 Å². The molecule has 0 radical (unpaired) electrons. The first-order valence-electron chi connectivity index (χ1n) is 7.14. The average Bonchev–Trinajstić information content (AvgIpc) is 2.64. The smallest absolute Gasteiger partial charge is 0.254 e. The van der Waals surface area contributed by atoms with Gasteiger partial charge in [-0.1, -0.05) is 35.9 Å². The summed E-state index contributed by atoms with van der Waals surface area (Å²) in [4.78, 5) is 14.6. The van der Waals surface area contributed by atoms with Gasteiger partial charge in [-0.05, 0) is 30.7 Å². The van der Waals surface area contributed by atoms with Crippen molar-refractivity contribution in [1.29, 1.82) is 0 Å². The van der Waals surface area contributed by atoms with Crippen molar-refractivity contribution in [2.45, 2.75) is 18.4 Å². The Hall–Kier alpha value is -2.14. The molecule has 1 heterocycles. The summed E-state index contributed by atoms with van der Waals surface area (Å²) in [6.45, 7) is 2.49. The van der Waals surface area contributed by atoms with E-state index >= 15 is 0 Å². The number of amides is 1.